The van der Waals surface area contributed by atoms with Gasteiger partial charge < -0.3 is 10.0 Å². The summed E-state index contributed by atoms with van der Waals surface area (Å²) in [6.07, 6.45) is 0.496. The van der Waals surface area contributed by atoms with Gasteiger partial charge in [0.2, 0.25) is 0 Å². The smallest absolute Gasteiger partial charge is 0.308 e. The summed E-state index contributed by atoms with van der Waals surface area (Å²) in [5, 5.41) is 9.04. The van der Waals surface area contributed by atoms with E-state index in [1.165, 1.54) is 23.5 Å². The number of aryl methyl sites for hydroxylation is 1. The molecule has 1 aromatic heterocycles. The summed E-state index contributed by atoms with van der Waals surface area (Å²) in [6.45, 7) is 2.65. The molecule has 3 rings (SSSR count). The second-order valence-corrected chi connectivity index (χ2v) is 6.92. The molecule has 0 saturated carbocycles. The van der Waals surface area contributed by atoms with E-state index in [4.69, 9.17) is 5.11 Å². The maximum atomic E-state index is 13.0. The maximum Gasteiger partial charge on any atom is 0.308 e. The molecule has 0 spiro atoms. The predicted octanol–water partition coefficient (Wildman–Crippen LogP) is 3.83. The van der Waals surface area contributed by atoms with Gasteiger partial charge in [0.25, 0.3) is 5.91 Å². The van der Waals surface area contributed by atoms with E-state index in [2.05, 4.69) is 0 Å². The molecule has 1 aliphatic rings. The van der Waals surface area contributed by atoms with E-state index in [0.717, 1.165) is 16.0 Å². The summed E-state index contributed by atoms with van der Waals surface area (Å²) in [6, 6.07) is 7.98. The number of likely N-dealkylation sites (tertiary alicyclic amines) is 1. The molecular formula is C17H17ClFNO3S. The number of carbonyl (C=O) groups is 2. The molecule has 0 aliphatic carbocycles. The first kappa shape index (κ1) is 18.4. The minimum Gasteiger partial charge on any atom is -0.481 e. The average molecular weight is 370 g/mol. The summed E-state index contributed by atoms with van der Waals surface area (Å²) in [7, 11) is 0. The van der Waals surface area contributed by atoms with Crippen molar-refractivity contribution in [1.29, 1.82) is 0 Å². The van der Waals surface area contributed by atoms with Crippen molar-refractivity contribution in [2.75, 3.05) is 13.1 Å². The fourth-order valence-corrected chi connectivity index (χ4v) is 3.82. The maximum absolute atomic E-state index is 13.0. The van der Waals surface area contributed by atoms with Crippen LogP contribution in [-0.4, -0.2) is 35.0 Å². The summed E-state index contributed by atoms with van der Waals surface area (Å²) in [5.74, 6) is -1.75. The highest BCUT2D eigenvalue weighted by Gasteiger charge is 2.32. The number of carbonyl (C=O) groups excluding carboxylic acids is 1. The minimum absolute atomic E-state index is 0. The molecule has 2 heterocycles. The van der Waals surface area contributed by atoms with Gasteiger partial charge in [0.05, 0.1) is 10.8 Å². The number of benzene rings is 1. The number of thiophene rings is 1. The van der Waals surface area contributed by atoms with Crippen molar-refractivity contribution in [2.24, 2.45) is 5.92 Å². The average Bonchev–Trinajstić information content (AvgIpc) is 3.14. The van der Waals surface area contributed by atoms with Crippen LogP contribution in [-0.2, 0) is 4.79 Å². The molecule has 0 radical (unpaired) electrons. The van der Waals surface area contributed by atoms with Gasteiger partial charge in [-0.05, 0) is 42.7 Å². The molecule has 2 aromatic rings. The second kappa shape index (κ2) is 7.32. The van der Waals surface area contributed by atoms with Crippen LogP contribution in [0.3, 0.4) is 0 Å². The Morgan fingerprint density at radius 2 is 1.96 bits per heavy atom. The monoisotopic (exact) mass is 369 g/mol. The molecular weight excluding hydrogens is 353 g/mol. The van der Waals surface area contributed by atoms with Gasteiger partial charge in [-0.3, -0.25) is 9.59 Å². The SMILES string of the molecule is Cc1sc(C(=O)N2CCC(C(=O)O)C2)cc1-c1ccc(F)cc1.Cl. The zero-order valence-corrected chi connectivity index (χ0v) is 14.6. The Morgan fingerprint density at radius 3 is 2.54 bits per heavy atom. The van der Waals surface area contributed by atoms with Crippen LogP contribution in [0.4, 0.5) is 4.39 Å². The van der Waals surface area contributed by atoms with E-state index in [0.29, 0.717) is 17.8 Å². The number of rotatable bonds is 3. The zero-order valence-electron chi connectivity index (χ0n) is 13.0. The van der Waals surface area contributed by atoms with Crippen LogP contribution in [0.2, 0.25) is 0 Å². The molecule has 1 saturated heterocycles. The van der Waals surface area contributed by atoms with E-state index >= 15 is 0 Å². The largest absolute Gasteiger partial charge is 0.481 e. The Bertz CT molecular complexity index is 760. The van der Waals surface area contributed by atoms with Crippen molar-refractivity contribution in [1.82, 2.24) is 4.90 Å². The van der Waals surface area contributed by atoms with E-state index in [-0.39, 0.29) is 30.7 Å². The second-order valence-electron chi connectivity index (χ2n) is 5.66. The van der Waals surface area contributed by atoms with Crippen molar-refractivity contribution >= 4 is 35.6 Å². The molecule has 4 nitrogen and oxygen atoms in total. The van der Waals surface area contributed by atoms with Gasteiger partial charge in [-0.15, -0.1) is 23.7 Å². The van der Waals surface area contributed by atoms with E-state index in [9.17, 15) is 14.0 Å². The molecule has 1 aliphatic heterocycles. The minimum atomic E-state index is -0.852. The lowest BCUT2D eigenvalue weighted by atomic mass is 10.1. The Labute approximate surface area is 149 Å². The van der Waals surface area contributed by atoms with Crippen molar-refractivity contribution in [3.8, 4) is 11.1 Å². The first-order valence-electron chi connectivity index (χ1n) is 7.34. The normalized spacial score (nSPS) is 16.8. The summed E-state index contributed by atoms with van der Waals surface area (Å²) < 4.78 is 13.0. The predicted molar refractivity (Wildman–Crippen MR) is 93.3 cm³/mol. The lowest BCUT2D eigenvalue weighted by Crippen LogP contribution is -2.29. The van der Waals surface area contributed by atoms with E-state index in [1.807, 2.05) is 13.0 Å². The highest BCUT2D eigenvalue weighted by molar-refractivity contribution is 7.14. The molecule has 24 heavy (non-hydrogen) atoms. The molecule has 1 atom stereocenters. The molecule has 128 valence electrons. The first-order valence-corrected chi connectivity index (χ1v) is 8.16. The summed E-state index contributed by atoms with van der Waals surface area (Å²) in [4.78, 5) is 26.7. The van der Waals surface area contributed by atoms with Crippen LogP contribution >= 0.6 is 23.7 Å². The van der Waals surface area contributed by atoms with Gasteiger partial charge >= 0.3 is 5.97 Å². The Hall–Kier alpha value is -1.92. The van der Waals surface area contributed by atoms with Gasteiger partial charge in [0.15, 0.2) is 0 Å². The summed E-state index contributed by atoms with van der Waals surface area (Å²) >= 11 is 1.39. The number of hydrogen-bond acceptors (Lipinski definition) is 3. The molecule has 7 heteroatoms. The van der Waals surface area contributed by atoms with Gasteiger partial charge in [0, 0.05) is 18.0 Å². The highest BCUT2D eigenvalue weighted by Crippen LogP contribution is 2.32. The number of nitrogens with zero attached hydrogens (tertiary/aromatic N) is 1. The Balaban J connectivity index is 0.00000208. The van der Waals surface area contributed by atoms with Crippen LogP contribution in [0.25, 0.3) is 11.1 Å². The standard InChI is InChI=1S/C17H16FNO3S.ClH/c1-10-14(11-2-4-13(18)5-3-11)8-15(23-10)16(20)19-7-6-12(9-19)17(21)22;/h2-5,8,12H,6-7,9H2,1H3,(H,21,22);1H. The van der Waals surface area contributed by atoms with Crippen LogP contribution in [0.5, 0.6) is 0 Å². The number of aliphatic carboxylic acids is 1. The third kappa shape index (κ3) is 3.60. The Morgan fingerprint density at radius 1 is 1.29 bits per heavy atom. The lowest BCUT2D eigenvalue weighted by molar-refractivity contribution is -0.141. The molecule has 1 aromatic carbocycles. The Kier molecular flexibility index (Phi) is 5.62. The zero-order chi connectivity index (χ0) is 16.6. The first-order chi connectivity index (χ1) is 11.0. The van der Waals surface area contributed by atoms with Crippen LogP contribution in [0, 0.1) is 18.7 Å². The lowest BCUT2D eigenvalue weighted by Gasteiger charge is -2.14. The molecule has 0 bridgehead atoms. The fraction of sp³-hybridized carbons (Fsp3) is 0.294. The number of carboxylic acids is 1. The van der Waals surface area contributed by atoms with Crippen LogP contribution in [0.15, 0.2) is 30.3 Å². The van der Waals surface area contributed by atoms with E-state index in [1.54, 1.807) is 17.0 Å². The third-order valence-electron chi connectivity index (χ3n) is 4.11. The fourth-order valence-electron chi connectivity index (χ4n) is 2.81. The molecule has 1 amide bonds. The van der Waals surface area contributed by atoms with Gasteiger partial charge in [0.1, 0.15) is 5.82 Å². The topological polar surface area (TPSA) is 57.6 Å². The van der Waals surface area contributed by atoms with Crippen LogP contribution < -0.4 is 0 Å². The van der Waals surface area contributed by atoms with Crippen molar-refractivity contribution < 1.29 is 19.1 Å². The number of carboxylic acid groups (broad SMARTS) is 1. The third-order valence-corrected chi connectivity index (χ3v) is 5.15. The summed E-state index contributed by atoms with van der Waals surface area (Å²) in [5.41, 5.74) is 1.77. The highest BCUT2D eigenvalue weighted by atomic mass is 35.5. The van der Waals surface area contributed by atoms with Gasteiger partial charge in [-0.1, -0.05) is 12.1 Å². The number of hydrogen-bond donors (Lipinski definition) is 1. The van der Waals surface area contributed by atoms with Crippen molar-refractivity contribution in [3.63, 3.8) is 0 Å². The number of halogens is 2. The molecule has 1 fully saturated rings. The van der Waals surface area contributed by atoms with Crippen molar-refractivity contribution in [2.45, 2.75) is 13.3 Å². The van der Waals surface area contributed by atoms with Crippen molar-refractivity contribution in [3.05, 3.63) is 45.9 Å². The number of amides is 1. The van der Waals surface area contributed by atoms with E-state index < -0.39 is 11.9 Å². The quantitative estimate of drug-likeness (QED) is 0.894. The molecule has 1 unspecified atom stereocenters. The van der Waals surface area contributed by atoms with Gasteiger partial charge in [-0.25, -0.2) is 4.39 Å². The van der Waals surface area contributed by atoms with Gasteiger partial charge in [-0.2, -0.15) is 0 Å². The molecule has 1 N–H and O–H groups in total. The van der Waals surface area contributed by atoms with Crippen LogP contribution in [0.1, 0.15) is 21.0 Å².